The Morgan fingerprint density at radius 3 is 2.00 bits per heavy atom. The van der Waals surface area contributed by atoms with Gasteiger partial charge in [-0.15, -0.1) is 0 Å². The zero-order valence-electron chi connectivity index (χ0n) is 21.9. The Bertz CT molecular complexity index is 1600. The Labute approximate surface area is 228 Å². The lowest BCUT2D eigenvalue weighted by atomic mass is 9.96. The lowest BCUT2D eigenvalue weighted by Crippen LogP contribution is -2.09. The van der Waals surface area contributed by atoms with Crippen LogP contribution in [-0.2, 0) is 4.79 Å². The maximum absolute atomic E-state index is 12.3. The molecular formula is C34H30N2O3. The molecule has 4 N–H and O–H groups in total. The summed E-state index contributed by atoms with van der Waals surface area (Å²) in [5, 5.41) is 14.0. The van der Waals surface area contributed by atoms with Gasteiger partial charge in [0, 0.05) is 29.3 Å². The van der Waals surface area contributed by atoms with Gasteiger partial charge in [0.15, 0.2) is 5.78 Å². The van der Waals surface area contributed by atoms with Crippen molar-refractivity contribution in [2.45, 2.75) is 13.8 Å². The molecule has 39 heavy (non-hydrogen) atoms. The van der Waals surface area contributed by atoms with Gasteiger partial charge in [-0.2, -0.15) is 0 Å². The Morgan fingerprint density at radius 2 is 1.31 bits per heavy atom. The number of anilines is 2. The number of amides is 1. The summed E-state index contributed by atoms with van der Waals surface area (Å²) in [5.74, 6) is -0.266. The molecule has 0 radical (unpaired) electrons. The number of rotatable bonds is 8. The fourth-order valence-corrected chi connectivity index (χ4v) is 4.15. The first-order chi connectivity index (χ1) is 18.8. The van der Waals surface area contributed by atoms with Gasteiger partial charge in [-0.3, -0.25) is 9.59 Å². The van der Waals surface area contributed by atoms with E-state index in [0.29, 0.717) is 33.6 Å². The number of hydrogen-bond acceptors (Lipinski definition) is 4. The van der Waals surface area contributed by atoms with Crippen molar-refractivity contribution in [1.29, 1.82) is 0 Å². The van der Waals surface area contributed by atoms with Gasteiger partial charge >= 0.3 is 0 Å². The number of ketones is 1. The van der Waals surface area contributed by atoms with E-state index in [1.54, 1.807) is 18.2 Å². The van der Waals surface area contributed by atoms with Crippen LogP contribution >= 0.6 is 0 Å². The van der Waals surface area contributed by atoms with Crippen molar-refractivity contribution >= 4 is 59.5 Å². The summed E-state index contributed by atoms with van der Waals surface area (Å²) >= 11 is 0. The average Bonchev–Trinajstić information content (AvgIpc) is 2.91. The van der Waals surface area contributed by atoms with Gasteiger partial charge in [0.2, 0.25) is 5.91 Å². The van der Waals surface area contributed by atoms with E-state index in [9.17, 15) is 14.7 Å². The van der Waals surface area contributed by atoms with Crippen LogP contribution in [0.15, 0.2) is 84.9 Å². The smallest absolute Gasteiger partial charge is 0.221 e. The van der Waals surface area contributed by atoms with E-state index >= 15 is 0 Å². The molecule has 0 bridgehead atoms. The molecule has 0 saturated carbocycles. The number of benzene rings is 4. The predicted octanol–water partition coefficient (Wildman–Crippen LogP) is 7.65. The summed E-state index contributed by atoms with van der Waals surface area (Å²) in [6, 6.07) is 26.2. The van der Waals surface area contributed by atoms with Crippen molar-refractivity contribution in [1.82, 2.24) is 0 Å². The van der Waals surface area contributed by atoms with Gasteiger partial charge in [-0.25, -0.2) is 0 Å². The molecule has 0 fully saturated rings. The van der Waals surface area contributed by atoms with Crippen LogP contribution in [0.2, 0.25) is 0 Å². The second-order valence-electron chi connectivity index (χ2n) is 9.13. The van der Waals surface area contributed by atoms with E-state index in [2.05, 4.69) is 5.32 Å². The van der Waals surface area contributed by atoms with Crippen molar-refractivity contribution in [2.24, 2.45) is 0 Å². The summed E-state index contributed by atoms with van der Waals surface area (Å²) in [6.07, 6.45) is 11.2. The molecule has 0 aromatic heterocycles. The summed E-state index contributed by atoms with van der Waals surface area (Å²) < 4.78 is 0. The van der Waals surface area contributed by atoms with E-state index in [0.717, 1.165) is 16.7 Å². The normalized spacial score (nSPS) is 11.4. The maximum atomic E-state index is 12.3. The molecule has 0 aliphatic rings. The van der Waals surface area contributed by atoms with Gasteiger partial charge in [0.1, 0.15) is 5.75 Å². The molecular weight excluding hydrogens is 484 g/mol. The second kappa shape index (κ2) is 12.4. The quantitative estimate of drug-likeness (QED) is 0.128. The molecule has 0 aliphatic heterocycles. The highest BCUT2D eigenvalue weighted by Gasteiger charge is 2.15. The number of phenolic OH excluding ortho intramolecular Hbond substituents is 1. The van der Waals surface area contributed by atoms with Crippen molar-refractivity contribution in [3.8, 4) is 5.75 Å². The van der Waals surface area contributed by atoms with E-state index in [1.807, 2.05) is 103 Å². The Kier molecular flexibility index (Phi) is 8.54. The summed E-state index contributed by atoms with van der Waals surface area (Å²) in [7, 11) is 0. The fourth-order valence-electron chi connectivity index (χ4n) is 4.15. The topological polar surface area (TPSA) is 92.4 Å². The number of nitrogens with two attached hydrogens (primary N) is 1. The highest BCUT2D eigenvalue weighted by Crippen LogP contribution is 2.37. The van der Waals surface area contributed by atoms with Crippen LogP contribution in [0.3, 0.4) is 0 Å². The lowest BCUT2D eigenvalue weighted by Gasteiger charge is -2.16. The van der Waals surface area contributed by atoms with E-state index in [4.69, 9.17) is 5.73 Å². The van der Waals surface area contributed by atoms with Crippen LogP contribution in [-0.4, -0.2) is 16.8 Å². The van der Waals surface area contributed by atoms with E-state index < -0.39 is 0 Å². The molecule has 194 valence electrons. The van der Waals surface area contributed by atoms with E-state index in [1.165, 1.54) is 13.8 Å². The summed E-state index contributed by atoms with van der Waals surface area (Å²) in [6.45, 7) is 2.96. The van der Waals surface area contributed by atoms with Gasteiger partial charge < -0.3 is 16.2 Å². The van der Waals surface area contributed by atoms with Crippen LogP contribution in [0.4, 0.5) is 11.4 Å². The monoisotopic (exact) mass is 514 g/mol. The maximum Gasteiger partial charge on any atom is 0.221 e. The molecule has 5 nitrogen and oxygen atoms in total. The third kappa shape index (κ3) is 7.21. The van der Waals surface area contributed by atoms with Crippen molar-refractivity contribution in [3.63, 3.8) is 0 Å². The van der Waals surface area contributed by atoms with Gasteiger partial charge in [0.05, 0.1) is 5.69 Å². The minimum atomic E-state index is -0.266. The Morgan fingerprint density at radius 1 is 0.692 bits per heavy atom. The first-order valence-electron chi connectivity index (χ1n) is 12.5. The third-order valence-corrected chi connectivity index (χ3v) is 6.06. The SMILES string of the molecule is CC(=O)Nc1c(C=Cc2ccccc2)c(O)cc(C=Cc2cccc(C(C)=O)c2)c1C=Cc1cccc(N)c1. The van der Waals surface area contributed by atoms with Crippen LogP contribution in [0.25, 0.3) is 36.5 Å². The molecule has 0 unspecified atom stereocenters. The number of nitrogen functional groups attached to an aromatic ring is 1. The van der Waals surface area contributed by atoms with Gasteiger partial charge in [0.25, 0.3) is 0 Å². The number of phenols is 1. The molecule has 5 heteroatoms. The first kappa shape index (κ1) is 26.9. The highest BCUT2D eigenvalue weighted by atomic mass is 16.3. The molecule has 1 amide bonds. The minimum Gasteiger partial charge on any atom is -0.507 e. The molecule has 0 spiro atoms. The summed E-state index contributed by atoms with van der Waals surface area (Å²) in [4.78, 5) is 24.1. The van der Waals surface area contributed by atoms with Crippen LogP contribution < -0.4 is 11.1 Å². The lowest BCUT2D eigenvalue weighted by molar-refractivity contribution is -0.114. The van der Waals surface area contributed by atoms with Crippen LogP contribution in [0, 0.1) is 0 Å². The number of hydrogen-bond donors (Lipinski definition) is 3. The zero-order chi connectivity index (χ0) is 27.8. The molecule has 4 aromatic rings. The van der Waals surface area contributed by atoms with Crippen molar-refractivity contribution in [3.05, 3.63) is 124 Å². The Balaban J connectivity index is 1.88. The standard InChI is InChI=1S/C34H30N2O3/c1-23(37)28-12-6-10-26(20-28)14-17-29-22-33(39)32(19-15-25-8-4-3-5-9-25)34(36-24(2)38)31(29)18-16-27-11-7-13-30(35)21-27/h3-22,39H,35H2,1-2H3,(H,36,38). The van der Waals surface area contributed by atoms with Gasteiger partial charge in [-0.1, -0.05) is 91.0 Å². The van der Waals surface area contributed by atoms with Crippen molar-refractivity contribution < 1.29 is 14.7 Å². The molecule has 0 atom stereocenters. The largest absolute Gasteiger partial charge is 0.507 e. The second-order valence-corrected chi connectivity index (χ2v) is 9.13. The van der Waals surface area contributed by atoms with Crippen LogP contribution in [0.5, 0.6) is 5.75 Å². The van der Waals surface area contributed by atoms with E-state index in [-0.39, 0.29) is 17.4 Å². The minimum absolute atomic E-state index is 0.0175. The van der Waals surface area contributed by atoms with Gasteiger partial charge in [-0.05, 0) is 59.5 Å². The molecule has 0 heterocycles. The van der Waals surface area contributed by atoms with Crippen LogP contribution in [0.1, 0.15) is 57.6 Å². The molecule has 0 saturated heterocycles. The fraction of sp³-hybridized carbons (Fsp3) is 0.0588. The summed E-state index contributed by atoms with van der Waals surface area (Å²) in [5.41, 5.74) is 12.3. The predicted molar refractivity (Wildman–Crippen MR) is 163 cm³/mol. The molecule has 0 aliphatic carbocycles. The number of nitrogens with one attached hydrogen (secondary N) is 1. The molecule has 4 aromatic carbocycles. The zero-order valence-corrected chi connectivity index (χ0v) is 21.9. The van der Waals surface area contributed by atoms with Crippen molar-refractivity contribution in [2.75, 3.05) is 11.1 Å². The number of carbonyl (C=O) groups excluding carboxylic acids is 2. The Hall–Kier alpha value is -5.16. The number of carbonyl (C=O) groups is 2. The first-order valence-corrected chi connectivity index (χ1v) is 12.5. The third-order valence-electron chi connectivity index (χ3n) is 6.06. The number of Topliss-reactive ketones (excluding diaryl/α,β-unsaturated/α-hetero) is 1. The highest BCUT2D eigenvalue weighted by molar-refractivity contribution is 6.00. The molecule has 4 rings (SSSR count). The number of aromatic hydroxyl groups is 1. The average molecular weight is 515 g/mol.